The van der Waals surface area contributed by atoms with Crippen molar-refractivity contribution < 1.29 is 34.2 Å². The van der Waals surface area contributed by atoms with E-state index in [0.29, 0.717) is 5.69 Å². The van der Waals surface area contributed by atoms with Crippen LogP contribution in [0, 0.1) is 5.92 Å². The average Bonchev–Trinajstić information content (AvgIpc) is 3.15. The number of imidazole rings is 1. The molecule has 0 aromatic carbocycles. The van der Waals surface area contributed by atoms with Gasteiger partial charge in [-0.05, 0) is 5.92 Å². The second-order valence-corrected chi connectivity index (χ2v) is 6.89. The van der Waals surface area contributed by atoms with E-state index < -0.39 is 60.8 Å². The van der Waals surface area contributed by atoms with E-state index in [1.54, 1.807) is 13.8 Å². The zero-order valence-electron chi connectivity index (χ0n) is 16.5. The van der Waals surface area contributed by atoms with E-state index in [0.717, 1.165) is 0 Å². The summed E-state index contributed by atoms with van der Waals surface area (Å²) in [6.07, 6.45) is 2.17. The Morgan fingerprint density at radius 3 is 2.30 bits per heavy atom. The van der Waals surface area contributed by atoms with E-state index in [2.05, 4.69) is 25.9 Å². The number of carboxylic acids is 2. The van der Waals surface area contributed by atoms with Crippen molar-refractivity contribution >= 4 is 29.7 Å². The average molecular weight is 426 g/mol. The monoisotopic (exact) mass is 426 g/mol. The van der Waals surface area contributed by atoms with Gasteiger partial charge in [0, 0.05) is 18.3 Å². The minimum absolute atomic E-state index is 0.0266. The maximum atomic E-state index is 12.4. The van der Waals surface area contributed by atoms with E-state index in [9.17, 15) is 29.1 Å². The number of rotatable bonds is 12. The van der Waals surface area contributed by atoms with Crippen molar-refractivity contribution in [2.24, 2.45) is 11.7 Å². The fourth-order valence-electron chi connectivity index (χ4n) is 2.42. The van der Waals surface area contributed by atoms with Crippen LogP contribution in [0.25, 0.3) is 0 Å². The molecular weight excluding hydrogens is 400 g/mol. The van der Waals surface area contributed by atoms with Crippen LogP contribution < -0.4 is 21.7 Å². The van der Waals surface area contributed by atoms with Gasteiger partial charge in [0.25, 0.3) is 0 Å². The number of nitrogens with one attached hydrogen (secondary N) is 4. The normalized spacial score (nSPS) is 13.7. The molecule has 1 rings (SSSR count). The lowest BCUT2D eigenvalue weighted by Gasteiger charge is -2.23. The van der Waals surface area contributed by atoms with Gasteiger partial charge in [0.2, 0.25) is 17.7 Å². The Kier molecular flexibility index (Phi) is 9.42. The smallest absolute Gasteiger partial charge is 0.326 e. The maximum Gasteiger partial charge on any atom is 0.326 e. The Labute approximate surface area is 171 Å². The van der Waals surface area contributed by atoms with Crippen LogP contribution in [-0.4, -0.2) is 74.5 Å². The fourth-order valence-corrected chi connectivity index (χ4v) is 2.42. The van der Waals surface area contributed by atoms with E-state index in [1.807, 2.05) is 0 Å². The molecule has 0 saturated heterocycles. The van der Waals surface area contributed by atoms with Crippen molar-refractivity contribution in [1.29, 1.82) is 0 Å². The van der Waals surface area contributed by atoms with Gasteiger partial charge in [-0.2, -0.15) is 0 Å². The van der Waals surface area contributed by atoms with Crippen LogP contribution in [0.4, 0.5) is 0 Å². The fraction of sp³-hybridized carbons (Fsp3) is 0.529. The number of hydrogen-bond acceptors (Lipinski definition) is 7. The van der Waals surface area contributed by atoms with Crippen LogP contribution in [0.5, 0.6) is 0 Å². The number of nitrogens with zero attached hydrogens (tertiary/aromatic N) is 1. The summed E-state index contributed by atoms with van der Waals surface area (Å²) in [5.74, 6) is -5.17. The number of amides is 3. The third kappa shape index (κ3) is 8.26. The number of carbonyl (C=O) groups excluding carboxylic acids is 3. The summed E-state index contributed by atoms with van der Waals surface area (Å²) in [6.45, 7) is 2.75. The molecular formula is C17H26N6O7. The topological polar surface area (TPSA) is 217 Å². The lowest BCUT2D eigenvalue weighted by atomic mass is 10.0. The van der Waals surface area contributed by atoms with Crippen molar-refractivity contribution in [1.82, 2.24) is 25.9 Å². The third-order valence-corrected chi connectivity index (χ3v) is 4.01. The van der Waals surface area contributed by atoms with Crippen molar-refractivity contribution in [3.63, 3.8) is 0 Å². The molecule has 0 bridgehead atoms. The van der Waals surface area contributed by atoms with Crippen molar-refractivity contribution in [3.05, 3.63) is 18.2 Å². The van der Waals surface area contributed by atoms with Crippen LogP contribution in [0.1, 0.15) is 26.0 Å². The SMILES string of the molecule is CC(C)C(NC(=O)C(N)CC(=O)O)C(=O)NCC(=O)NC(Cc1cnc[nH]1)C(=O)O. The second-order valence-electron chi connectivity index (χ2n) is 6.89. The largest absolute Gasteiger partial charge is 0.481 e. The quantitative estimate of drug-likeness (QED) is 0.189. The molecule has 1 heterocycles. The molecule has 0 saturated carbocycles. The number of H-pyrrole nitrogens is 1. The van der Waals surface area contributed by atoms with Gasteiger partial charge >= 0.3 is 11.9 Å². The number of carbonyl (C=O) groups is 5. The zero-order chi connectivity index (χ0) is 22.8. The summed E-state index contributed by atoms with van der Waals surface area (Å²) in [6, 6.07) is -3.63. The molecule has 13 nitrogen and oxygen atoms in total. The van der Waals surface area contributed by atoms with E-state index in [4.69, 9.17) is 10.8 Å². The van der Waals surface area contributed by atoms with Gasteiger partial charge in [0.05, 0.1) is 25.3 Å². The van der Waals surface area contributed by atoms with Crippen molar-refractivity contribution in [2.75, 3.05) is 6.54 Å². The molecule has 13 heteroatoms. The number of aromatic amines is 1. The van der Waals surface area contributed by atoms with E-state index >= 15 is 0 Å². The Morgan fingerprint density at radius 2 is 1.80 bits per heavy atom. The van der Waals surface area contributed by atoms with Crippen LogP contribution in [0.3, 0.4) is 0 Å². The Morgan fingerprint density at radius 1 is 1.13 bits per heavy atom. The van der Waals surface area contributed by atoms with Crippen LogP contribution in [0.2, 0.25) is 0 Å². The predicted molar refractivity (Wildman–Crippen MR) is 102 cm³/mol. The molecule has 0 aliphatic heterocycles. The van der Waals surface area contributed by atoms with Crippen LogP contribution in [-0.2, 0) is 30.4 Å². The number of hydrogen-bond donors (Lipinski definition) is 7. The zero-order valence-corrected chi connectivity index (χ0v) is 16.5. The van der Waals surface area contributed by atoms with Gasteiger partial charge in [0.15, 0.2) is 0 Å². The minimum Gasteiger partial charge on any atom is -0.481 e. The molecule has 3 unspecified atom stereocenters. The maximum absolute atomic E-state index is 12.4. The highest BCUT2D eigenvalue weighted by molar-refractivity contribution is 5.93. The molecule has 0 aliphatic carbocycles. The molecule has 1 aromatic rings. The molecule has 0 radical (unpaired) electrons. The van der Waals surface area contributed by atoms with Gasteiger partial charge < -0.3 is 36.9 Å². The van der Waals surface area contributed by atoms with Gasteiger partial charge in [-0.25, -0.2) is 9.78 Å². The third-order valence-electron chi connectivity index (χ3n) is 4.01. The predicted octanol–water partition coefficient (Wildman–Crippen LogP) is -2.42. The van der Waals surface area contributed by atoms with Crippen molar-refractivity contribution in [2.45, 2.75) is 44.8 Å². The first-order chi connectivity index (χ1) is 14.0. The Bertz CT molecular complexity index is 765. The number of aromatic nitrogens is 2. The number of aliphatic carboxylic acids is 2. The summed E-state index contributed by atoms with van der Waals surface area (Å²) in [5, 5.41) is 24.9. The van der Waals surface area contributed by atoms with Gasteiger partial charge in [-0.15, -0.1) is 0 Å². The summed E-state index contributed by atoms with van der Waals surface area (Å²) in [4.78, 5) is 64.8. The highest BCUT2D eigenvalue weighted by Gasteiger charge is 2.28. The molecule has 30 heavy (non-hydrogen) atoms. The Hall–Kier alpha value is -3.48. The van der Waals surface area contributed by atoms with Crippen LogP contribution >= 0.6 is 0 Å². The minimum atomic E-state index is -1.33. The summed E-state index contributed by atoms with van der Waals surface area (Å²) in [5.41, 5.74) is 5.98. The molecule has 3 amide bonds. The van der Waals surface area contributed by atoms with Gasteiger partial charge in [0.1, 0.15) is 12.1 Å². The molecule has 0 spiro atoms. The first-order valence-electron chi connectivity index (χ1n) is 9.06. The molecule has 1 aromatic heterocycles. The standard InChI is InChI=1S/C17H26N6O7/c1-8(2)14(23-15(27)10(18)4-13(25)26)16(28)20-6-12(24)22-11(17(29)30)3-9-5-19-7-21-9/h5,7-8,10-11,14H,3-4,6,18H2,1-2H3,(H,19,21)(H,20,28)(H,22,24)(H,23,27)(H,25,26)(H,29,30). The summed E-state index contributed by atoms with van der Waals surface area (Å²) >= 11 is 0. The molecule has 8 N–H and O–H groups in total. The first-order valence-corrected chi connectivity index (χ1v) is 9.06. The summed E-state index contributed by atoms with van der Waals surface area (Å²) in [7, 11) is 0. The van der Waals surface area contributed by atoms with E-state index in [-0.39, 0.29) is 12.3 Å². The number of nitrogens with two attached hydrogens (primary N) is 1. The molecule has 3 atom stereocenters. The van der Waals surface area contributed by atoms with Crippen molar-refractivity contribution in [3.8, 4) is 0 Å². The molecule has 0 aliphatic rings. The second kappa shape index (κ2) is 11.5. The molecule has 166 valence electrons. The highest BCUT2D eigenvalue weighted by Crippen LogP contribution is 2.03. The molecule has 0 fully saturated rings. The summed E-state index contributed by atoms with van der Waals surface area (Å²) < 4.78 is 0. The van der Waals surface area contributed by atoms with Gasteiger partial charge in [-0.1, -0.05) is 13.8 Å². The lowest BCUT2D eigenvalue weighted by molar-refractivity contribution is -0.141. The lowest BCUT2D eigenvalue weighted by Crippen LogP contribution is -2.55. The first kappa shape index (κ1) is 24.6. The van der Waals surface area contributed by atoms with Crippen LogP contribution in [0.15, 0.2) is 12.5 Å². The number of carboxylic acid groups (broad SMARTS) is 2. The highest BCUT2D eigenvalue weighted by atomic mass is 16.4. The van der Waals surface area contributed by atoms with E-state index in [1.165, 1.54) is 12.5 Å². The Balaban J connectivity index is 2.60. The van der Waals surface area contributed by atoms with Gasteiger partial charge in [-0.3, -0.25) is 19.2 Å².